The molecule has 5 rings (SSSR count). The van der Waals surface area contributed by atoms with E-state index >= 15 is 0 Å². The van der Waals surface area contributed by atoms with Crippen molar-refractivity contribution in [2.75, 3.05) is 33.3 Å². The van der Waals surface area contributed by atoms with Crippen LogP contribution >= 0.6 is 0 Å². The summed E-state index contributed by atoms with van der Waals surface area (Å²) in [5.74, 6) is -0.101. The van der Waals surface area contributed by atoms with Crippen molar-refractivity contribution in [3.63, 3.8) is 0 Å². The van der Waals surface area contributed by atoms with Gasteiger partial charge >= 0.3 is 0 Å². The quantitative estimate of drug-likeness (QED) is 0.480. The number of nitrogens with one attached hydrogen (secondary N) is 2. The number of carbonyl (C=O) groups is 1. The highest BCUT2D eigenvalue weighted by atomic mass is 16.5. The van der Waals surface area contributed by atoms with Crippen molar-refractivity contribution in [1.82, 2.24) is 25.0 Å². The van der Waals surface area contributed by atoms with Gasteiger partial charge in [-0.25, -0.2) is 4.99 Å². The molecule has 0 aliphatic carbocycles. The average Bonchev–Trinajstić information content (AvgIpc) is 3.53. The third-order valence-electron chi connectivity index (χ3n) is 6.45. The maximum Gasteiger partial charge on any atom is 0.251 e. The van der Waals surface area contributed by atoms with E-state index in [4.69, 9.17) is 9.73 Å². The highest BCUT2D eigenvalue weighted by Crippen LogP contribution is 2.31. The fraction of sp³-hybridized carbons (Fsp3) is 0.458. The lowest BCUT2D eigenvalue weighted by molar-refractivity contribution is 0.0858. The molecule has 0 spiro atoms. The van der Waals surface area contributed by atoms with E-state index < -0.39 is 0 Å². The number of fused-ring (bicyclic) bond motifs is 1. The largest absolute Gasteiger partial charge is 0.494 e. The number of ether oxygens (including phenoxy) is 1. The summed E-state index contributed by atoms with van der Waals surface area (Å²) in [6, 6.07) is 5.76. The summed E-state index contributed by atoms with van der Waals surface area (Å²) in [7, 11) is 2.09. The van der Waals surface area contributed by atoms with Gasteiger partial charge in [0.2, 0.25) is 0 Å². The number of hydrogen-bond acceptors (Lipinski definition) is 6. The van der Waals surface area contributed by atoms with Crippen LogP contribution < -0.4 is 5.32 Å². The Morgan fingerprint density at radius 2 is 2.24 bits per heavy atom. The number of benzene rings is 1. The molecule has 0 saturated carbocycles. The SMILES string of the molecule is CCC(=Nc1cnn(C2CN(C)C2)c1)c1c(O)[nH]c2ccc(C(=O)NC[C@H]3CCCO3)cc12. The molecule has 0 radical (unpaired) electrons. The smallest absolute Gasteiger partial charge is 0.251 e. The van der Waals surface area contributed by atoms with Crippen molar-refractivity contribution in [3.05, 3.63) is 41.7 Å². The molecule has 9 nitrogen and oxygen atoms in total. The molecule has 1 atom stereocenters. The van der Waals surface area contributed by atoms with Crippen molar-refractivity contribution in [2.45, 2.75) is 38.3 Å². The second-order valence-corrected chi connectivity index (χ2v) is 8.92. The standard InChI is InChI=1S/C24H30N6O3/c1-3-20(27-16-10-26-30(12-16)17-13-29(2)14-17)22-19-9-15(6-7-21(19)28-24(22)32)23(31)25-11-18-5-4-8-33-18/h6-7,9-10,12,17-18,28,32H,3-5,8,11,13-14H2,1-2H3,(H,25,31)/t18-/m1/s1. The molecule has 174 valence electrons. The Morgan fingerprint density at radius 1 is 1.39 bits per heavy atom. The Hall–Kier alpha value is -3.17. The molecule has 0 unspecified atom stereocenters. The fourth-order valence-corrected chi connectivity index (χ4v) is 4.61. The van der Waals surface area contributed by atoms with E-state index in [2.05, 4.69) is 27.3 Å². The predicted octanol–water partition coefficient (Wildman–Crippen LogP) is 3.00. The van der Waals surface area contributed by atoms with Gasteiger partial charge in [0, 0.05) is 42.7 Å². The minimum absolute atomic E-state index is 0.0514. The van der Waals surface area contributed by atoms with Crippen LogP contribution in [0.15, 0.2) is 35.6 Å². The first kappa shape index (κ1) is 21.7. The number of aromatic hydroxyl groups is 1. The second-order valence-electron chi connectivity index (χ2n) is 8.92. The van der Waals surface area contributed by atoms with Gasteiger partial charge in [-0.3, -0.25) is 9.48 Å². The van der Waals surface area contributed by atoms with Crippen LogP contribution in [0, 0.1) is 0 Å². The Kier molecular flexibility index (Phi) is 5.90. The van der Waals surface area contributed by atoms with E-state index in [9.17, 15) is 9.90 Å². The molecule has 3 N–H and O–H groups in total. The number of likely N-dealkylation sites (N-methyl/N-ethyl adjacent to an activating group) is 1. The normalized spacial score (nSPS) is 19.8. The number of hydrogen-bond donors (Lipinski definition) is 3. The van der Waals surface area contributed by atoms with E-state index in [1.165, 1.54) is 0 Å². The van der Waals surface area contributed by atoms with E-state index in [1.54, 1.807) is 12.3 Å². The van der Waals surface area contributed by atoms with Gasteiger partial charge in [-0.15, -0.1) is 0 Å². The van der Waals surface area contributed by atoms with Crippen LogP contribution in [-0.4, -0.2) is 75.8 Å². The highest BCUT2D eigenvalue weighted by molar-refractivity contribution is 6.14. The van der Waals surface area contributed by atoms with Crippen molar-refractivity contribution in [2.24, 2.45) is 4.99 Å². The molecule has 2 saturated heterocycles. The van der Waals surface area contributed by atoms with Crippen LogP contribution in [-0.2, 0) is 4.74 Å². The van der Waals surface area contributed by atoms with E-state index in [0.717, 1.165) is 54.8 Å². The molecule has 33 heavy (non-hydrogen) atoms. The van der Waals surface area contributed by atoms with Gasteiger partial charge in [0.25, 0.3) is 5.91 Å². The molecule has 2 aromatic heterocycles. The summed E-state index contributed by atoms with van der Waals surface area (Å²) in [4.78, 5) is 22.8. The van der Waals surface area contributed by atoms with Crippen molar-refractivity contribution < 1.29 is 14.6 Å². The lowest BCUT2D eigenvalue weighted by atomic mass is 10.0. The summed E-state index contributed by atoms with van der Waals surface area (Å²) >= 11 is 0. The minimum atomic E-state index is -0.152. The number of aliphatic imine (C=N–C) groups is 1. The first-order valence-corrected chi connectivity index (χ1v) is 11.6. The molecular weight excluding hydrogens is 420 g/mol. The van der Waals surface area contributed by atoms with Gasteiger partial charge in [-0.1, -0.05) is 6.92 Å². The maximum absolute atomic E-state index is 12.7. The van der Waals surface area contributed by atoms with E-state index in [-0.39, 0.29) is 17.9 Å². The van der Waals surface area contributed by atoms with Gasteiger partial charge in [0.1, 0.15) is 5.69 Å². The maximum atomic E-state index is 12.7. The third kappa shape index (κ3) is 4.38. The van der Waals surface area contributed by atoms with Crippen molar-refractivity contribution >= 4 is 28.2 Å². The number of likely N-dealkylation sites (tertiary alicyclic amines) is 1. The van der Waals surface area contributed by atoms with Crippen LogP contribution in [0.3, 0.4) is 0 Å². The van der Waals surface area contributed by atoms with Gasteiger partial charge in [-0.05, 0) is 44.5 Å². The minimum Gasteiger partial charge on any atom is -0.494 e. The van der Waals surface area contributed by atoms with Gasteiger partial charge in [0.15, 0.2) is 5.88 Å². The Balaban J connectivity index is 1.41. The van der Waals surface area contributed by atoms with Gasteiger partial charge < -0.3 is 25.0 Å². The molecule has 2 aliphatic heterocycles. The molecule has 9 heteroatoms. The van der Waals surface area contributed by atoms with Crippen LogP contribution in [0.2, 0.25) is 0 Å². The monoisotopic (exact) mass is 450 g/mol. The van der Waals surface area contributed by atoms with Crippen LogP contribution in [0.1, 0.15) is 48.1 Å². The summed E-state index contributed by atoms with van der Waals surface area (Å²) in [6.07, 6.45) is 6.42. The zero-order valence-corrected chi connectivity index (χ0v) is 19.0. The molecule has 0 bridgehead atoms. The Bertz CT molecular complexity index is 1180. The van der Waals surface area contributed by atoms with Crippen molar-refractivity contribution in [1.29, 1.82) is 0 Å². The third-order valence-corrected chi connectivity index (χ3v) is 6.45. The highest BCUT2D eigenvalue weighted by Gasteiger charge is 2.25. The number of nitrogens with zero attached hydrogens (tertiary/aromatic N) is 4. The lowest BCUT2D eigenvalue weighted by Crippen LogP contribution is -2.44. The van der Waals surface area contributed by atoms with Gasteiger partial charge in [-0.2, -0.15) is 5.10 Å². The van der Waals surface area contributed by atoms with E-state index in [1.807, 2.05) is 29.9 Å². The second kappa shape index (κ2) is 8.99. The molecule has 2 aliphatic rings. The van der Waals surface area contributed by atoms with Crippen LogP contribution in [0.4, 0.5) is 5.69 Å². The van der Waals surface area contributed by atoms with Gasteiger partial charge in [0.05, 0.1) is 35.8 Å². The molecule has 1 amide bonds. The number of rotatable bonds is 7. The molecule has 3 aromatic rings. The predicted molar refractivity (Wildman–Crippen MR) is 127 cm³/mol. The average molecular weight is 451 g/mol. The summed E-state index contributed by atoms with van der Waals surface area (Å²) in [5.41, 5.74) is 3.41. The number of aromatic amines is 1. The fourth-order valence-electron chi connectivity index (χ4n) is 4.61. The molecular formula is C24H30N6O3. The Morgan fingerprint density at radius 3 is 2.97 bits per heavy atom. The number of H-pyrrole nitrogens is 1. The van der Waals surface area contributed by atoms with Crippen LogP contribution in [0.5, 0.6) is 5.88 Å². The zero-order valence-electron chi connectivity index (χ0n) is 19.0. The molecule has 2 fully saturated rings. The topological polar surface area (TPSA) is 108 Å². The number of amides is 1. The van der Waals surface area contributed by atoms with Crippen LogP contribution in [0.25, 0.3) is 10.9 Å². The van der Waals surface area contributed by atoms with E-state index in [0.29, 0.717) is 30.1 Å². The lowest BCUT2D eigenvalue weighted by Gasteiger charge is -2.35. The zero-order chi connectivity index (χ0) is 22.9. The first-order chi connectivity index (χ1) is 16.0. The summed E-state index contributed by atoms with van der Waals surface area (Å²) in [6.45, 7) is 5.22. The number of aromatic nitrogens is 3. The first-order valence-electron chi connectivity index (χ1n) is 11.6. The summed E-state index contributed by atoms with van der Waals surface area (Å²) < 4.78 is 7.55. The molecule has 1 aromatic carbocycles. The summed E-state index contributed by atoms with van der Waals surface area (Å²) in [5, 5.41) is 18.9. The van der Waals surface area contributed by atoms with Crippen molar-refractivity contribution in [3.8, 4) is 5.88 Å². The molecule has 4 heterocycles. The Labute approximate surface area is 192 Å². The number of carbonyl (C=O) groups excluding carboxylic acids is 1.